The Bertz CT molecular complexity index is 321. The van der Waals surface area contributed by atoms with E-state index in [0.717, 1.165) is 24.6 Å². The number of hydrogen-bond acceptors (Lipinski definition) is 3. The molecule has 0 N–H and O–H groups in total. The number of likely N-dealkylation sites (tertiary alicyclic amines) is 1. The number of hydrogen-bond donors (Lipinski definition) is 0. The smallest absolute Gasteiger partial charge is 0.163 e. The van der Waals surface area contributed by atoms with Crippen molar-refractivity contribution in [2.45, 2.75) is 19.3 Å². The van der Waals surface area contributed by atoms with Crippen molar-refractivity contribution in [3.8, 4) is 11.5 Å². The van der Waals surface area contributed by atoms with Crippen LogP contribution in [0.3, 0.4) is 0 Å². The Balaban J connectivity index is 1.88. The Labute approximate surface area is 97.0 Å². The van der Waals surface area contributed by atoms with Crippen LogP contribution in [0.15, 0.2) is 24.3 Å². The summed E-state index contributed by atoms with van der Waals surface area (Å²) >= 11 is 0. The normalized spacial score (nSPS) is 17.1. The molecule has 0 aliphatic carbocycles. The number of nitrogens with zero attached hydrogens (tertiary/aromatic N) is 1. The minimum absolute atomic E-state index is 0.667. The van der Waals surface area contributed by atoms with Crippen LogP contribution in [0.1, 0.15) is 19.3 Å². The highest BCUT2D eigenvalue weighted by Crippen LogP contribution is 2.26. The molecule has 2 rings (SSSR count). The fourth-order valence-corrected chi connectivity index (χ4v) is 1.99. The molecule has 1 aliphatic rings. The molecule has 0 spiro atoms. The van der Waals surface area contributed by atoms with E-state index in [0.29, 0.717) is 6.73 Å². The van der Waals surface area contributed by atoms with Gasteiger partial charge in [0, 0.05) is 13.1 Å². The molecule has 0 aromatic heterocycles. The molecule has 1 aliphatic heterocycles. The van der Waals surface area contributed by atoms with Crippen LogP contribution in [0.2, 0.25) is 0 Å². The standard InChI is InChI=1S/C13H19NO2/c1-15-12-7-3-4-8-13(12)16-11-14-9-5-2-6-10-14/h3-4,7-8H,2,5-6,9-11H2,1H3. The maximum absolute atomic E-state index is 5.77. The molecular weight excluding hydrogens is 202 g/mol. The van der Waals surface area contributed by atoms with Gasteiger partial charge in [0.2, 0.25) is 0 Å². The van der Waals surface area contributed by atoms with Gasteiger partial charge in [-0.2, -0.15) is 0 Å². The summed E-state index contributed by atoms with van der Waals surface area (Å²) in [5.74, 6) is 1.63. The molecule has 0 saturated carbocycles. The summed E-state index contributed by atoms with van der Waals surface area (Å²) in [4.78, 5) is 2.34. The van der Waals surface area contributed by atoms with Crippen LogP contribution >= 0.6 is 0 Å². The van der Waals surface area contributed by atoms with Crippen LogP contribution < -0.4 is 9.47 Å². The third-order valence-electron chi connectivity index (χ3n) is 2.92. The Kier molecular flexibility index (Phi) is 4.05. The van der Waals surface area contributed by atoms with E-state index in [1.54, 1.807) is 7.11 Å². The molecule has 0 amide bonds. The fourth-order valence-electron chi connectivity index (χ4n) is 1.99. The van der Waals surface area contributed by atoms with Gasteiger partial charge in [0.25, 0.3) is 0 Å². The summed E-state index contributed by atoms with van der Waals surface area (Å²) in [6, 6.07) is 7.79. The van der Waals surface area contributed by atoms with Crippen molar-refractivity contribution in [2.75, 3.05) is 26.9 Å². The van der Waals surface area contributed by atoms with Gasteiger partial charge >= 0.3 is 0 Å². The number of rotatable bonds is 4. The second-order valence-corrected chi connectivity index (χ2v) is 4.10. The predicted octanol–water partition coefficient (Wildman–Crippen LogP) is 2.52. The molecular formula is C13H19NO2. The highest BCUT2D eigenvalue weighted by Gasteiger charge is 2.11. The van der Waals surface area contributed by atoms with E-state index in [-0.39, 0.29) is 0 Å². The SMILES string of the molecule is COc1ccccc1OCN1CCCCC1. The first-order chi connectivity index (χ1) is 7.90. The highest BCUT2D eigenvalue weighted by atomic mass is 16.5. The third-order valence-corrected chi connectivity index (χ3v) is 2.92. The van der Waals surface area contributed by atoms with Crippen molar-refractivity contribution < 1.29 is 9.47 Å². The molecule has 3 heteroatoms. The van der Waals surface area contributed by atoms with Crippen LogP contribution in [0.5, 0.6) is 11.5 Å². The van der Waals surface area contributed by atoms with Crippen molar-refractivity contribution in [3.63, 3.8) is 0 Å². The van der Waals surface area contributed by atoms with Gasteiger partial charge in [-0.1, -0.05) is 18.6 Å². The van der Waals surface area contributed by atoms with Crippen molar-refractivity contribution in [1.82, 2.24) is 4.90 Å². The van der Waals surface area contributed by atoms with E-state index in [1.807, 2.05) is 24.3 Å². The Morgan fingerprint density at radius 1 is 1.06 bits per heavy atom. The first kappa shape index (κ1) is 11.3. The zero-order valence-corrected chi connectivity index (χ0v) is 9.82. The molecule has 0 radical (unpaired) electrons. The largest absolute Gasteiger partial charge is 0.493 e. The van der Waals surface area contributed by atoms with E-state index >= 15 is 0 Å². The van der Waals surface area contributed by atoms with Crippen LogP contribution in [0.4, 0.5) is 0 Å². The van der Waals surface area contributed by atoms with Crippen LogP contribution in [0.25, 0.3) is 0 Å². The lowest BCUT2D eigenvalue weighted by molar-refractivity contribution is 0.104. The lowest BCUT2D eigenvalue weighted by Crippen LogP contribution is -2.33. The molecule has 0 unspecified atom stereocenters. The van der Waals surface area contributed by atoms with Crippen LogP contribution in [-0.4, -0.2) is 31.8 Å². The van der Waals surface area contributed by atoms with E-state index < -0.39 is 0 Å². The van der Waals surface area contributed by atoms with Gasteiger partial charge in [-0.3, -0.25) is 4.90 Å². The van der Waals surface area contributed by atoms with Crippen LogP contribution in [-0.2, 0) is 0 Å². The van der Waals surface area contributed by atoms with Gasteiger partial charge in [0.05, 0.1) is 7.11 Å². The van der Waals surface area contributed by atoms with Crippen LogP contribution in [0, 0.1) is 0 Å². The van der Waals surface area contributed by atoms with Crippen molar-refractivity contribution >= 4 is 0 Å². The minimum Gasteiger partial charge on any atom is -0.493 e. The van der Waals surface area contributed by atoms with Crippen molar-refractivity contribution in [2.24, 2.45) is 0 Å². The second kappa shape index (κ2) is 5.75. The zero-order chi connectivity index (χ0) is 11.2. The lowest BCUT2D eigenvalue weighted by Gasteiger charge is -2.26. The summed E-state index contributed by atoms with van der Waals surface area (Å²) in [7, 11) is 1.67. The molecule has 1 aromatic carbocycles. The average molecular weight is 221 g/mol. The molecule has 1 heterocycles. The van der Waals surface area contributed by atoms with Crippen molar-refractivity contribution in [3.05, 3.63) is 24.3 Å². The minimum atomic E-state index is 0.667. The summed E-state index contributed by atoms with van der Waals surface area (Å²) in [6.07, 6.45) is 3.93. The number of benzene rings is 1. The molecule has 1 saturated heterocycles. The molecule has 0 bridgehead atoms. The molecule has 1 aromatic rings. The lowest BCUT2D eigenvalue weighted by atomic mass is 10.1. The molecule has 3 nitrogen and oxygen atoms in total. The Hall–Kier alpha value is -1.22. The molecule has 16 heavy (non-hydrogen) atoms. The van der Waals surface area contributed by atoms with Gasteiger partial charge in [0.15, 0.2) is 11.5 Å². The van der Waals surface area contributed by atoms with Gasteiger partial charge in [-0.05, 0) is 25.0 Å². The second-order valence-electron chi connectivity index (χ2n) is 4.10. The molecule has 88 valence electrons. The summed E-state index contributed by atoms with van der Waals surface area (Å²) < 4.78 is 11.0. The predicted molar refractivity (Wildman–Crippen MR) is 63.9 cm³/mol. The Morgan fingerprint density at radius 2 is 1.75 bits per heavy atom. The molecule has 0 atom stereocenters. The summed E-state index contributed by atoms with van der Waals surface area (Å²) in [5.41, 5.74) is 0. The first-order valence-corrected chi connectivity index (χ1v) is 5.88. The summed E-state index contributed by atoms with van der Waals surface area (Å²) in [6.45, 7) is 2.96. The first-order valence-electron chi connectivity index (χ1n) is 5.88. The van der Waals surface area contributed by atoms with Crippen molar-refractivity contribution in [1.29, 1.82) is 0 Å². The maximum Gasteiger partial charge on any atom is 0.163 e. The van der Waals surface area contributed by atoms with Gasteiger partial charge in [-0.15, -0.1) is 0 Å². The molecule has 1 fully saturated rings. The topological polar surface area (TPSA) is 21.7 Å². The fraction of sp³-hybridized carbons (Fsp3) is 0.538. The number of piperidine rings is 1. The number of para-hydroxylation sites is 2. The summed E-state index contributed by atoms with van der Waals surface area (Å²) in [5, 5.41) is 0. The number of ether oxygens (including phenoxy) is 2. The quantitative estimate of drug-likeness (QED) is 0.779. The van der Waals surface area contributed by atoms with E-state index in [2.05, 4.69) is 4.90 Å². The zero-order valence-electron chi connectivity index (χ0n) is 9.82. The van der Waals surface area contributed by atoms with Gasteiger partial charge < -0.3 is 9.47 Å². The third kappa shape index (κ3) is 2.89. The van der Waals surface area contributed by atoms with E-state index in [9.17, 15) is 0 Å². The average Bonchev–Trinajstić information content (AvgIpc) is 2.38. The Morgan fingerprint density at radius 3 is 2.44 bits per heavy atom. The van der Waals surface area contributed by atoms with E-state index in [1.165, 1.54) is 19.3 Å². The van der Waals surface area contributed by atoms with Gasteiger partial charge in [-0.25, -0.2) is 0 Å². The van der Waals surface area contributed by atoms with Gasteiger partial charge in [0.1, 0.15) is 6.73 Å². The van der Waals surface area contributed by atoms with E-state index in [4.69, 9.17) is 9.47 Å². The monoisotopic (exact) mass is 221 g/mol. The number of methoxy groups -OCH3 is 1. The maximum atomic E-state index is 5.77. The highest BCUT2D eigenvalue weighted by molar-refractivity contribution is 5.39.